The van der Waals surface area contributed by atoms with E-state index in [1.807, 2.05) is 6.07 Å². The Morgan fingerprint density at radius 2 is 1.90 bits per heavy atom. The number of fused-ring (bicyclic) bond motifs is 1. The smallest absolute Gasteiger partial charge is 0.254 e. The lowest BCUT2D eigenvalue weighted by atomic mass is 10.0. The van der Waals surface area contributed by atoms with E-state index in [1.165, 1.54) is 49.7 Å². The third kappa shape index (κ3) is 2.78. The molecule has 1 amide bonds. The number of aryl methyl sites for hydroxylation is 2. The van der Waals surface area contributed by atoms with Crippen LogP contribution in [0.3, 0.4) is 0 Å². The first kappa shape index (κ1) is 14.1. The van der Waals surface area contributed by atoms with Gasteiger partial charge in [0, 0.05) is 23.5 Å². The highest BCUT2D eigenvalue weighted by Crippen LogP contribution is 2.27. The summed E-state index contributed by atoms with van der Waals surface area (Å²) in [5.74, 6) is 0.228. The summed E-state index contributed by atoms with van der Waals surface area (Å²) in [5.41, 5.74) is 3.72. The second-order valence-corrected chi connectivity index (χ2v) is 6.76. The van der Waals surface area contributed by atoms with Gasteiger partial charge in [0.2, 0.25) is 0 Å². The van der Waals surface area contributed by atoms with Crippen molar-refractivity contribution in [1.29, 1.82) is 0 Å². The lowest BCUT2D eigenvalue weighted by Crippen LogP contribution is -2.40. The number of carbonyl (C=O) groups excluding carboxylic acids is 1. The molecule has 0 spiro atoms. The molecule has 108 valence electrons. The largest absolute Gasteiger partial charge is 0.335 e. The van der Waals surface area contributed by atoms with E-state index in [0.29, 0.717) is 6.04 Å². The van der Waals surface area contributed by atoms with Crippen molar-refractivity contribution in [2.24, 2.45) is 0 Å². The van der Waals surface area contributed by atoms with Crippen LogP contribution in [0.25, 0.3) is 0 Å². The molecule has 3 heteroatoms. The summed E-state index contributed by atoms with van der Waals surface area (Å²) in [6, 6.07) is 6.79. The highest BCUT2D eigenvalue weighted by atomic mass is 79.9. The first-order valence-corrected chi connectivity index (χ1v) is 8.90. The molecule has 2 aliphatic rings. The zero-order chi connectivity index (χ0) is 13.9. The summed E-state index contributed by atoms with van der Waals surface area (Å²) in [4.78, 5) is 14.9. The van der Waals surface area contributed by atoms with E-state index in [4.69, 9.17) is 0 Å². The van der Waals surface area contributed by atoms with Crippen LogP contribution in [-0.4, -0.2) is 28.7 Å². The fraction of sp³-hybridized carbons (Fsp3) is 0.588. The Bertz CT molecular complexity index is 494. The molecule has 0 aliphatic heterocycles. The molecular formula is C17H22BrNO. The predicted molar refractivity (Wildman–Crippen MR) is 85.6 cm³/mol. The van der Waals surface area contributed by atoms with E-state index < -0.39 is 0 Å². The van der Waals surface area contributed by atoms with Gasteiger partial charge >= 0.3 is 0 Å². The van der Waals surface area contributed by atoms with Crippen LogP contribution in [-0.2, 0) is 12.8 Å². The zero-order valence-electron chi connectivity index (χ0n) is 11.9. The second-order valence-electron chi connectivity index (χ2n) is 5.96. The molecule has 1 fully saturated rings. The lowest BCUT2D eigenvalue weighted by molar-refractivity contribution is 0.0696. The molecule has 1 aromatic rings. The molecule has 0 atom stereocenters. The number of halogens is 1. The maximum atomic E-state index is 12.8. The molecule has 0 N–H and O–H groups in total. The summed E-state index contributed by atoms with van der Waals surface area (Å²) in [7, 11) is 0. The van der Waals surface area contributed by atoms with Gasteiger partial charge in [-0.3, -0.25) is 4.79 Å². The van der Waals surface area contributed by atoms with Crippen LogP contribution < -0.4 is 0 Å². The minimum absolute atomic E-state index is 0.228. The second kappa shape index (κ2) is 6.30. The van der Waals surface area contributed by atoms with Gasteiger partial charge < -0.3 is 4.90 Å². The van der Waals surface area contributed by atoms with Gasteiger partial charge in [0.1, 0.15) is 0 Å². The van der Waals surface area contributed by atoms with Crippen molar-refractivity contribution < 1.29 is 4.79 Å². The van der Waals surface area contributed by atoms with Gasteiger partial charge in [-0.2, -0.15) is 0 Å². The number of alkyl halides is 1. The number of nitrogens with zero attached hydrogens (tertiary/aromatic N) is 1. The quantitative estimate of drug-likeness (QED) is 0.763. The summed E-state index contributed by atoms with van der Waals surface area (Å²) in [5, 5.41) is 0.861. The molecule has 1 saturated carbocycles. The van der Waals surface area contributed by atoms with Crippen LogP contribution in [0.1, 0.15) is 53.6 Å². The summed E-state index contributed by atoms with van der Waals surface area (Å²) < 4.78 is 0. The van der Waals surface area contributed by atoms with Crippen LogP contribution in [0.15, 0.2) is 18.2 Å². The zero-order valence-corrected chi connectivity index (χ0v) is 13.5. The predicted octanol–water partition coefficient (Wildman–Crippen LogP) is 3.96. The minimum Gasteiger partial charge on any atom is -0.335 e. The maximum Gasteiger partial charge on any atom is 0.254 e. The minimum atomic E-state index is 0.228. The van der Waals surface area contributed by atoms with Crippen LogP contribution in [0.5, 0.6) is 0 Å². The Hall–Kier alpha value is -0.830. The third-order valence-corrected chi connectivity index (χ3v) is 5.05. The Morgan fingerprint density at radius 3 is 2.65 bits per heavy atom. The third-order valence-electron chi connectivity index (χ3n) is 4.70. The molecule has 0 heterocycles. The average molecular weight is 336 g/mol. The van der Waals surface area contributed by atoms with Crippen LogP contribution >= 0.6 is 15.9 Å². The van der Waals surface area contributed by atoms with Crippen LogP contribution in [0.2, 0.25) is 0 Å². The Labute approximate surface area is 129 Å². The van der Waals surface area contributed by atoms with E-state index in [2.05, 4.69) is 33.0 Å². The molecule has 3 rings (SSSR count). The molecule has 0 unspecified atom stereocenters. The summed E-state index contributed by atoms with van der Waals surface area (Å²) >= 11 is 3.49. The van der Waals surface area contributed by atoms with Gasteiger partial charge in [-0.1, -0.05) is 34.8 Å². The van der Waals surface area contributed by atoms with E-state index >= 15 is 0 Å². The van der Waals surface area contributed by atoms with E-state index in [0.717, 1.165) is 23.9 Å². The van der Waals surface area contributed by atoms with E-state index in [9.17, 15) is 4.79 Å². The molecule has 20 heavy (non-hydrogen) atoms. The summed E-state index contributed by atoms with van der Waals surface area (Å²) in [6.07, 6.45) is 8.42. The van der Waals surface area contributed by atoms with Crippen molar-refractivity contribution in [3.63, 3.8) is 0 Å². The van der Waals surface area contributed by atoms with Gasteiger partial charge in [-0.15, -0.1) is 0 Å². The molecule has 0 aromatic heterocycles. The van der Waals surface area contributed by atoms with Gasteiger partial charge in [0.25, 0.3) is 5.91 Å². The fourth-order valence-corrected chi connectivity index (χ4v) is 4.01. The van der Waals surface area contributed by atoms with Crippen LogP contribution in [0.4, 0.5) is 0 Å². The topological polar surface area (TPSA) is 20.3 Å². The summed E-state index contributed by atoms with van der Waals surface area (Å²) in [6.45, 7) is 0.820. The Kier molecular flexibility index (Phi) is 4.45. The van der Waals surface area contributed by atoms with Gasteiger partial charge in [0.15, 0.2) is 0 Å². The molecular weight excluding hydrogens is 314 g/mol. The van der Waals surface area contributed by atoms with Crippen molar-refractivity contribution in [2.75, 3.05) is 11.9 Å². The molecule has 0 radical (unpaired) electrons. The molecule has 2 nitrogen and oxygen atoms in total. The molecule has 2 aliphatic carbocycles. The highest BCUT2D eigenvalue weighted by Gasteiger charge is 2.27. The number of hydrogen-bond donors (Lipinski definition) is 0. The molecule has 0 saturated heterocycles. The monoisotopic (exact) mass is 335 g/mol. The Balaban J connectivity index is 1.81. The number of carbonyl (C=O) groups is 1. The lowest BCUT2D eigenvalue weighted by Gasteiger charge is -2.28. The van der Waals surface area contributed by atoms with Gasteiger partial charge in [-0.25, -0.2) is 0 Å². The standard InChI is InChI=1S/C17H22BrNO/c18-10-11-19(16-6-1-2-7-16)17(20)15-9-8-13-4-3-5-14(13)12-15/h8-9,12,16H,1-7,10-11H2. The van der Waals surface area contributed by atoms with Crippen molar-refractivity contribution in [2.45, 2.75) is 51.0 Å². The number of hydrogen-bond acceptors (Lipinski definition) is 1. The molecule has 0 bridgehead atoms. The normalized spacial score (nSPS) is 18.2. The Morgan fingerprint density at radius 1 is 1.15 bits per heavy atom. The number of rotatable bonds is 4. The highest BCUT2D eigenvalue weighted by molar-refractivity contribution is 9.09. The average Bonchev–Trinajstić information content (AvgIpc) is 3.13. The van der Waals surface area contributed by atoms with E-state index in [-0.39, 0.29) is 5.91 Å². The van der Waals surface area contributed by atoms with E-state index in [1.54, 1.807) is 0 Å². The van der Waals surface area contributed by atoms with Crippen molar-refractivity contribution in [3.8, 4) is 0 Å². The first-order valence-electron chi connectivity index (χ1n) is 7.78. The van der Waals surface area contributed by atoms with Crippen molar-refractivity contribution in [3.05, 3.63) is 34.9 Å². The van der Waals surface area contributed by atoms with Gasteiger partial charge in [-0.05, 0) is 55.4 Å². The SMILES string of the molecule is O=C(c1ccc2c(c1)CCC2)N(CCBr)C1CCCC1. The maximum absolute atomic E-state index is 12.8. The first-order chi connectivity index (χ1) is 9.79. The number of amides is 1. The van der Waals surface area contributed by atoms with Gasteiger partial charge in [0.05, 0.1) is 0 Å². The number of benzene rings is 1. The van der Waals surface area contributed by atoms with Crippen LogP contribution in [0, 0.1) is 0 Å². The fourth-order valence-electron chi connectivity index (χ4n) is 3.63. The van der Waals surface area contributed by atoms with Crippen molar-refractivity contribution >= 4 is 21.8 Å². The van der Waals surface area contributed by atoms with Crippen molar-refractivity contribution in [1.82, 2.24) is 4.90 Å². The molecule has 1 aromatic carbocycles.